The summed E-state index contributed by atoms with van der Waals surface area (Å²) in [6, 6.07) is 10.8. The molecule has 0 atom stereocenters. The van der Waals surface area contributed by atoms with Gasteiger partial charge in [0.1, 0.15) is 11.5 Å². The predicted octanol–water partition coefficient (Wildman–Crippen LogP) is 2.76. The average molecular weight is 272 g/mol. The number of furan rings is 1. The molecule has 0 aliphatic heterocycles. The van der Waals surface area contributed by atoms with Crippen LogP contribution in [0.1, 0.15) is 11.3 Å². The zero-order chi connectivity index (χ0) is 14.2. The molecule has 20 heavy (non-hydrogen) atoms. The third-order valence-electron chi connectivity index (χ3n) is 2.59. The fraction of sp³-hybridized carbons (Fsp3) is 0.133. The van der Waals surface area contributed by atoms with Crippen molar-refractivity contribution in [2.45, 2.75) is 6.54 Å². The lowest BCUT2D eigenvalue weighted by molar-refractivity contribution is 0.243. The van der Waals surface area contributed by atoms with Crippen molar-refractivity contribution in [3.05, 3.63) is 60.2 Å². The lowest BCUT2D eigenvalue weighted by Gasteiger charge is -2.02. The van der Waals surface area contributed by atoms with Gasteiger partial charge in [-0.2, -0.15) is 0 Å². The zero-order valence-electron chi connectivity index (χ0n) is 11.1. The fourth-order valence-corrected chi connectivity index (χ4v) is 1.59. The number of nitrogens with one attached hydrogen (secondary N) is 2. The summed E-state index contributed by atoms with van der Waals surface area (Å²) in [4.78, 5) is 11.5. The van der Waals surface area contributed by atoms with E-state index in [2.05, 4.69) is 10.6 Å². The van der Waals surface area contributed by atoms with Crippen molar-refractivity contribution in [1.82, 2.24) is 10.6 Å². The molecule has 2 amide bonds. The minimum atomic E-state index is -0.291. The van der Waals surface area contributed by atoms with Gasteiger partial charge in [-0.05, 0) is 35.9 Å². The van der Waals surface area contributed by atoms with Gasteiger partial charge < -0.3 is 19.8 Å². The SMILES string of the molecule is COc1cccc(/C=C/NC(=O)NCc2ccco2)c1. The summed E-state index contributed by atoms with van der Waals surface area (Å²) in [6.07, 6.45) is 4.93. The minimum absolute atomic E-state index is 0.291. The molecule has 0 saturated carbocycles. The van der Waals surface area contributed by atoms with Crippen molar-refractivity contribution in [2.75, 3.05) is 7.11 Å². The number of methoxy groups -OCH3 is 1. The van der Waals surface area contributed by atoms with E-state index in [9.17, 15) is 4.79 Å². The minimum Gasteiger partial charge on any atom is -0.497 e. The second kappa shape index (κ2) is 7.04. The quantitative estimate of drug-likeness (QED) is 0.879. The van der Waals surface area contributed by atoms with Crippen LogP contribution in [-0.4, -0.2) is 13.1 Å². The molecule has 0 unspecified atom stereocenters. The van der Waals surface area contributed by atoms with Crippen LogP contribution in [0.3, 0.4) is 0 Å². The molecule has 2 aromatic rings. The Kier molecular flexibility index (Phi) is 4.83. The Morgan fingerprint density at radius 2 is 2.25 bits per heavy atom. The zero-order valence-corrected chi connectivity index (χ0v) is 11.1. The van der Waals surface area contributed by atoms with Crippen LogP contribution >= 0.6 is 0 Å². The average Bonchev–Trinajstić information content (AvgIpc) is 2.99. The Morgan fingerprint density at radius 3 is 3.00 bits per heavy atom. The first-order valence-corrected chi connectivity index (χ1v) is 6.15. The van der Waals surface area contributed by atoms with Crippen LogP contribution in [0.15, 0.2) is 53.3 Å². The number of amides is 2. The smallest absolute Gasteiger partial charge is 0.319 e. The topological polar surface area (TPSA) is 63.5 Å². The third kappa shape index (κ3) is 4.20. The summed E-state index contributed by atoms with van der Waals surface area (Å²) in [5, 5.41) is 5.29. The highest BCUT2D eigenvalue weighted by molar-refractivity contribution is 5.75. The van der Waals surface area contributed by atoms with E-state index in [-0.39, 0.29) is 6.03 Å². The predicted molar refractivity (Wildman–Crippen MR) is 76.1 cm³/mol. The summed E-state index contributed by atoms with van der Waals surface area (Å²) in [6.45, 7) is 0.353. The molecular formula is C15H16N2O3. The summed E-state index contributed by atoms with van der Waals surface area (Å²) < 4.78 is 10.2. The largest absolute Gasteiger partial charge is 0.497 e. The van der Waals surface area contributed by atoms with Crippen molar-refractivity contribution in [2.24, 2.45) is 0 Å². The van der Waals surface area contributed by atoms with E-state index in [0.29, 0.717) is 12.3 Å². The summed E-state index contributed by atoms with van der Waals surface area (Å²) in [7, 11) is 1.61. The van der Waals surface area contributed by atoms with E-state index >= 15 is 0 Å². The maximum absolute atomic E-state index is 11.5. The van der Waals surface area contributed by atoms with Crippen LogP contribution in [0.2, 0.25) is 0 Å². The summed E-state index contributed by atoms with van der Waals surface area (Å²) in [5.74, 6) is 1.48. The molecule has 5 nitrogen and oxygen atoms in total. The van der Waals surface area contributed by atoms with Crippen molar-refractivity contribution in [1.29, 1.82) is 0 Å². The number of rotatable bonds is 5. The highest BCUT2D eigenvalue weighted by Crippen LogP contribution is 2.13. The molecule has 0 radical (unpaired) electrons. The summed E-state index contributed by atoms with van der Waals surface area (Å²) >= 11 is 0. The van der Waals surface area contributed by atoms with Crippen LogP contribution in [0.5, 0.6) is 5.75 Å². The Labute approximate surface area is 117 Å². The number of benzene rings is 1. The number of urea groups is 1. The molecular weight excluding hydrogens is 256 g/mol. The van der Waals surface area contributed by atoms with Gasteiger partial charge >= 0.3 is 6.03 Å². The molecule has 0 aliphatic rings. The number of carbonyl (C=O) groups is 1. The first kappa shape index (κ1) is 13.7. The van der Waals surface area contributed by atoms with Crippen molar-refractivity contribution >= 4 is 12.1 Å². The molecule has 1 aromatic carbocycles. The van der Waals surface area contributed by atoms with Crippen molar-refractivity contribution in [3.63, 3.8) is 0 Å². The van der Waals surface area contributed by atoms with Crippen LogP contribution in [-0.2, 0) is 6.54 Å². The van der Waals surface area contributed by atoms with Gasteiger partial charge in [-0.1, -0.05) is 12.1 Å². The molecule has 1 heterocycles. The molecule has 2 N–H and O–H groups in total. The van der Waals surface area contributed by atoms with E-state index in [1.165, 1.54) is 0 Å². The summed E-state index contributed by atoms with van der Waals surface area (Å²) in [5.41, 5.74) is 0.940. The van der Waals surface area contributed by atoms with Crippen LogP contribution < -0.4 is 15.4 Å². The molecule has 5 heteroatoms. The van der Waals surface area contributed by atoms with Crippen molar-refractivity contribution < 1.29 is 13.9 Å². The van der Waals surface area contributed by atoms with E-state index < -0.39 is 0 Å². The van der Waals surface area contributed by atoms with Gasteiger partial charge in [-0.15, -0.1) is 0 Å². The maximum Gasteiger partial charge on any atom is 0.319 e. The lowest BCUT2D eigenvalue weighted by atomic mass is 10.2. The molecule has 0 bridgehead atoms. The Hall–Kier alpha value is -2.69. The highest BCUT2D eigenvalue weighted by Gasteiger charge is 1.99. The van der Waals surface area contributed by atoms with Gasteiger partial charge in [0, 0.05) is 6.20 Å². The van der Waals surface area contributed by atoms with Crippen LogP contribution in [0, 0.1) is 0 Å². The Balaban J connectivity index is 1.78. The molecule has 0 spiro atoms. The van der Waals surface area contributed by atoms with Crippen molar-refractivity contribution in [3.8, 4) is 5.75 Å². The monoisotopic (exact) mass is 272 g/mol. The van der Waals surface area contributed by atoms with Gasteiger partial charge in [0.25, 0.3) is 0 Å². The first-order valence-electron chi connectivity index (χ1n) is 6.15. The van der Waals surface area contributed by atoms with E-state index in [1.54, 1.807) is 37.8 Å². The maximum atomic E-state index is 11.5. The Morgan fingerprint density at radius 1 is 1.35 bits per heavy atom. The van der Waals surface area contributed by atoms with Gasteiger partial charge in [-0.25, -0.2) is 4.79 Å². The standard InChI is InChI=1S/C15H16N2O3/c1-19-13-5-2-4-12(10-13)7-8-16-15(18)17-11-14-6-3-9-20-14/h2-10H,11H2,1H3,(H2,16,17,18)/b8-7+. The molecule has 2 rings (SSSR count). The molecule has 0 fully saturated rings. The lowest BCUT2D eigenvalue weighted by Crippen LogP contribution is -2.31. The van der Waals surface area contributed by atoms with Gasteiger partial charge in [0.15, 0.2) is 0 Å². The normalized spacial score (nSPS) is 10.4. The van der Waals surface area contributed by atoms with E-state index in [0.717, 1.165) is 11.3 Å². The number of carbonyl (C=O) groups excluding carboxylic acids is 1. The fourth-order valence-electron chi connectivity index (χ4n) is 1.59. The Bertz CT molecular complexity index is 577. The van der Waals surface area contributed by atoms with Gasteiger partial charge in [0.2, 0.25) is 0 Å². The number of ether oxygens (including phenoxy) is 1. The second-order valence-electron chi connectivity index (χ2n) is 4.02. The highest BCUT2D eigenvalue weighted by atomic mass is 16.5. The molecule has 0 aliphatic carbocycles. The molecule has 0 saturated heterocycles. The van der Waals surface area contributed by atoms with Gasteiger partial charge in [0.05, 0.1) is 19.9 Å². The number of hydrogen-bond acceptors (Lipinski definition) is 3. The second-order valence-corrected chi connectivity index (χ2v) is 4.02. The van der Waals surface area contributed by atoms with Crippen LogP contribution in [0.25, 0.3) is 6.08 Å². The molecule has 1 aromatic heterocycles. The first-order chi connectivity index (χ1) is 9.78. The van der Waals surface area contributed by atoms with E-state index in [4.69, 9.17) is 9.15 Å². The van der Waals surface area contributed by atoms with Crippen LogP contribution in [0.4, 0.5) is 4.79 Å². The third-order valence-corrected chi connectivity index (χ3v) is 2.59. The molecule has 104 valence electrons. The number of hydrogen-bond donors (Lipinski definition) is 2. The van der Waals surface area contributed by atoms with E-state index in [1.807, 2.05) is 24.3 Å². The van der Waals surface area contributed by atoms with Gasteiger partial charge in [-0.3, -0.25) is 0 Å².